The molecule has 0 radical (unpaired) electrons. The normalized spacial score (nSPS) is 15.3. The van der Waals surface area contributed by atoms with Crippen molar-refractivity contribution in [3.63, 3.8) is 0 Å². The summed E-state index contributed by atoms with van der Waals surface area (Å²) >= 11 is 3.03. The van der Waals surface area contributed by atoms with Gasteiger partial charge in [-0.1, -0.05) is 35.0 Å². The zero-order valence-electron chi connectivity index (χ0n) is 9.63. The van der Waals surface area contributed by atoms with Crippen molar-refractivity contribution in [2.24, 2.45) is 0 Å². The molecule has 4 nitrogen and oxygen atoms in total. The summed E-state index contributed by atoms with van der Waals surface area (Å²) in [4.78, 5) is 0. The first-order valence-corrected chi connectivity index (χ1v) is 7.73. The standard InChI is InChI=1S/C11H15BrO4S/c1-3-17(14,15)11(12)10(13)8-4-6-9(16-2)7-5-8/h4-7,10-11,13H,3H2,1-2H3. The van der Waals surface area contributed by atoms with Crippen molar-refractivity contribution < 1.29 is 18.3 Å². The van der Waals surface area contributed by atoms with Gasteiger partial charge in [0.15, 0.2) is 9.84 Å². The molecule has 17 heavy (non-hydrogen) atoms. The molecule has 0 bridgehead atoms. The Balaban J connectivity index is 2.92. The van der Waals surface area contributed by atoms with Crippen LogP contribution in [-0.4, -0.2) is 30.5 Å². The van der Waals surface area contributed by atoms with Crippen LogP contribution < -0.4 is 4.74 Å². The van der Waals surface area contributed by atoms with E-state index in [4.69, 9.17) is 4.74 Å². The summed E-state index contributed by atoms with van der Waals surface area (Å²) in [5, 5.41) is 9.95. The van der Waals surface area contributed by atoms with Crippen molar-refractivity contribution in [3.05, 3.63) is 29.8 Å². The molecule has 0 aromatic heterocycles. The van der Waals surface area contributed by atoms with E-state index in [-0.39, 0.29) is 5.75 Å². The third-order valence-electron chi connectivity index (χ3n) is 2.45. The largest absolute Gasteiger partial charge is 0.497 e. The van der Waals surface area contributed by atoms with Crippen LogP contribution in [0.1, 0.15) is 18.6 Å². The van der Waals surface area contributed by atoms with E-state index in [2.05, 4.69) is 15.9 Å². The molecule has 0 saturated heterocycles. The number of halogens is 1. The highest BCUT2D eigenvalue weighted by atomic mass is 79.9. The number of methoxy groups -OCH3 is 1. The average Bonchev–Trinajstić information content (AvgIpc) is 2.37. The van der Waals surface area contributed by atoms with Gasteiger partial charge in [-0.05, 0) is 17.7 Å². The van der Waals surface area contributed by atoms with Crippen LogP contribution in [0.3, 0.4) is 0 Å². The molecule has 1 aromatic carbocycles. The maximum Gasteiger partial charge on any atom is 0.165 e. The van der Waals surface area contributed by atoms with E-state index in [1.807, 2.05) is 0 Å². The summed E-state index contributed by atoms with van der Waals surface area (Å²) in [5.74, 6) is 0.640. The van der Waals surface area contributed by atoms with E-state index in [1.54, 1.807) is 38.3 Å². The Morgan fingerprint density at radius 2 is 1.88 bits per heavy atom. The molecule has 96 valence electrons. The van der Waals surface area contributed by atoms with Crippen LogP contribution in [0.25, 0.3) is 0 Å². The van der Waals surface area contributed by atoms with Gasteiger partial charge in [0.25, 0.3) is 0 Å². The summed E-state index contributed by atoms with van der Waals surface area (Å²) in [6, 6.07) is 6.64. The molecule has 0 aliphatic carbocycles. The molecule has 0 aliphatic heterocycles. The van der Waals surface area contributed by atoms with Crippen molar-refractivity contribution >= 4 is 25.8 Å². The minimum Gasteiger partial charge on any atom is -0.497 e. The highest BCUT2D eigenvalue weighted by Crippen LogP contribution is 2.28. The quantitative estimate of drug-likeness (QED) is 0.841. The zero-order chi connectivity index (χ0) is 13.1. The molecule has 2 atom stereocenters. The summed E-state index contributed by atoms with van der Waals surface area (Å²) in [7, 11) is -1.78. The van der Waals surface area contributed by atoms with Crippen molar-refractivity contribution in [2.75, 3.05) is 12.9 Å². The first-order chi connectivity index (χ1) is 7.92. The van der Waals surface area contributed by atoms with Crippen LogP contribution in [0.2, 0.25) is 0 Å². The van der Waals surface area contributed by atoms with E-state index in [0.717, 1.165) is 0 Å². The van der Waals surface area contributed by atoms with Crippen LogP contribution in [0.5, 0.6) is 5.75 Å². The Bertz CT molecular complexity index is 455. The van der Waals surface area contributed by atoms with E-state index < -0.39 is 20.1 Å². The Morgan fingerprint density at radius 3 is 2.29 bits per heavy atom. The minimum atomic E-state index is -3.33. The van der Waals surface area contributed by atoms with Gasteiger partial charge in [0.05, 0.1) is 7.11 Å². The summed E-state index contributed by atoms with van der Waals surface area (Å²) in [5.41, 5.74) is 0.532. The van der Waals surface area contributed by atoms with Gasteiger partial charge in [0.2, 0.25) is 0 Å². The van der Waals surface area contributed by atoms with E-state index in [0.29, 0.717) is 11.3 Å². The van der Waals surface area contributed by atoms with Crippen LogP contribution in [0, 0.1) is 0 Å². The molecule has 0 heterocycles. The lowest BCUT2D eigenvalue weighted by Gasteiger charge is -2.17. The Labute approximate surface area is 110 Å². The SMILES string of the molecule is CCS(=O)(=O)C(Br)C(O)c1ccc(OC)cc1. The third kappa shape index (κ3) is 3.43. The van der Waals surface area contributed by atoms with Gasteiger partial charge < -0.3 is 9.84 Å². The molecule has 1 aromatic rings. The third-order valence-corrected chi connectivity index (χ3v) is 6.41. The van der Waals surface area contributed by atoms with Gasteiger partial charge in [-0.15, -0.1) is 0 Å². The van der Waals surface area contributed by atoms with E-state index in [1.165, 1.54) is 0 Å². The molecule has 0 fully saturated rings. The van der Waals surface area contributed by atoms with Gasteiger partial charge in [0, 0.05) is 5.75 Å². The van der Waals surface area contributed by atoms with Crippen LogP contribution in [0.15, 0.2) is 24.3 Å². The molecule has 0 amide bonds. The molecule has 1 rings (SSSR count). The lowest BCUT2D eigenvalue weighted by atomic mass is 10.1. The molecular weight excluding hydrogens is 308 g/mol. The molecule has 2 unspecified atom stereocenters. The van der Waals surface area contributed by atoms with Gasteiger partial charge >= 0.3 is 0 Å². The smallest absolute Gasteiger partial charge is 0.165 e. The average molecular weight is 323 g/mol. The second-order valence-corrected chi connectivity index (χ2v) is 7.52. The fourth-order valence-electron chi connectivity index (χ4n) is 1.31. The van der Waals surface area contributed by atoms with Gasteiger partial charge in [-0.2, -0.15) is 0 Å². The van der Waals surface area contributed by atoms with Crippen molar-refractivity contribution in [2.45, 2.75) is 17.2 Å². The van der Waals surface area contributed by atoms with Crippen molar-refractivity contribution in [3.8, 4) is 5.75 Å². The first kappa shape index (κ1) is 14.5. The number of benzene rings is 1. The lowest BCUT2D eigenvalue weighted by Crippen LogP contribution is -2.24. The topological polar surface area (TPSA) is 63.6 Å². The van der Waals surface area contributed by atoms with Gasteiger partial charge in [0.1, 0.15) is 16.0 Å². The molecular formula is C11H15BrO4S. The highest BCUT2D eigenvalue weighted by Gasteiger charge is 2.29. The number of hydrogen-bond acceptors (Lipinski definition) is 4. The Kier molecular flexibility index (Phi) is 4.97. The number of aliphatic hydroxyl groups excluding tert-OH is 1. The number of hydrogen-bond donors (Lipinski definition) is 1. The van der Waals surface area contributed by atoms with Crippen LogP contribution in [-0.2, 0) is 9.84 Å². The van der Waals surface area contributed by atoms with Crippen molar-refractivity contribution in [1.82, 2.24) is 0 Å². The Hall–Kier alpha value is -0.590. The van der Waals surface area contributed by atoms with Crippen molar-refractivity contribution in [1.29, 1.82) is 0 Å². The maximum atomic E-state index is 11.6. The lowest BCUT2D eigenvalue weighted by molar-refractivity contribution is 0.195. The van der Waals surface area contributed by atoms with Gasteiger partial charge in [-0.3, -0.25) is 0 Å². The number of rotatable bonds is 5. The Morgan fingerprint density at radius 1 is 1.35 bits per heavy atom. The van der Waals surface area contributed by atoms with Crippen LogP contribution >= 0.6 is 15.9 Å². The summed E-state index contributed by atoms with van der Waals surface area (Å²) < 4.78 is 27.2. The molecule has 0 spiro atoms. The zero-order valence-corrected chi connectivity index (χ0v) is 12.0. The minimum absolute atomic E-state index is 0.0177. The highest BCUT2D eigenvalue weighted by molar-refractivity contribution is 9.11. The fraction of sp³-hybridized carbons (Fsp3) is 0.455. The molecule has 0 aliphatic rings. The van der Waals surface area contributed by atoms with E-state index >= 15 is 0 Å². The fourth-order valence-corrected chi connectivity index (χ4v) is 3.27. The number of aliphatic hydroxyl groups is 1. The maximum absolute atomic E-state index is 11.6. The second-order valence-electron chi connectivity index (χ2n) is 3.52. The molecule has 0 saturated carbocycles. The monoisotopic (exact) mass is 322 g/mol. The second kappa shape index (κ2) is 5.84. The molecule has 6 heteroatoms. The first-order valence-electron chi connectivity index (χ1n) is 5.10. The number of alkyl halides is 1. The number of sulfone groups is 1. The predicted molar refractivity (Wildman–Crippen MR) is 70.1 cm³/mol. The van der Waals surface area contributed by atoms with Gasteiger partial charge in [-0.25, -0.2) is 8.42 Å². The van der Waals surface area contributed by atoms with Crippen LogP contribution in [0.4, 0.5) is 0 Å². The predicted octanol–water partition coefficient (Wildman–Crippen LogP) is 1.88. The molecule has 1 N–H and O–H groups in total. The number of ether oxygens (including phenoxy) is 1. The summed E-state index contributed by atoms with van der Waals surface area (Å²) in [6.07, 6.45) is -1.09. The van der Waals surface area contributed by atoms with E-state index in [9.17, 15) is 13.5 Å². The summed E-state index contributed by atoms with van der Waals surface area (Å²) in [6.45, 7) is 1.55.